The lowest BCUT2D eigenvalue weighted by Crippen LogP contribution is -2.43. The topological polar surface area (TPSA) is 86.0 Å². The minimum Gasteiger partial charge on any atom is -0.496 e. The van der Waals surface area contributed by atoms with Crippen molar-refractivity contribution in [2.45, 2.75) is 19.8 Å². The quantitative estimate of drug-likeness (QED) is 0.429. The third-order valence-electron chi connectivity index (χ3n) is 4.35. The van der Waals surface area contributed by atoms with Crippen LogP contribution in [0.1, 0.15) is 30.9 Å². The summed E-state index contributed by atoms with van der Waals surface area (Å²) in [6, 6.07) is 15.6. The maximum Gasteiger partial charge on any atom is 0.232 e. The zero-order chi connectivity index (χ0) is 20.0. The van der Waals surface area contributed by atoms with Gasteiger partial charge in [0.25, 0.3) is 0 Å². The van der Waals surface area contributed by atoms with Crippen LogP contribution < -0.4 is 10.1 Å². The van der Waals surface area contributed by atoms with E-state index in [9.17, 15) is 4.79 Å². The number of hydrogen-bond donors (Lipinski definition) is 3. The molecule has 0 spiro atoms. The van der Waals surface area contributed by atoms with E-state index in [0.717, 1.165) is 38.7 Å². The summed E-state index contributed by atoms with van der Waals surface area (Å²) in [6.45, 7) is 3.72. The van der Waals surface area contributed by atoms with Crippen molar-refractivity contribution >= 4 is 44.3 Å². The number of amides is 1. The summed E-state index contributed by atoms with van der Waals surface area (Å²) >= 11 is 4.38. The molecule has 5 nitrogen and oxygen atoms in total. The summed E-state index contributed by atoms with van der Waals surface area (Å²) in [5.41, 5.74) is 2.14. The predicted molar refractivity (Wildman–Crippen MR) is 115 cm³/mol. The van der Waals surface area contributed by atoms with Crippen LogP contribution in [0.25, 0.3) is 0 Å². The summed E-state index contributed by atoms with van der Waals surface area (Å²) in [5.74, 6) is 0.207. The number of amidine groups is 1. The van der Waals surface area contributed by atoms with Crippen molar-refractivity contribution < 1.29 is 9.53 Å². The maximum atomic E-state index is 13.0. The third-order valence-corrected chi connectivity index (χ3v) is 5.43. The number of nitrogens with one attached hydrogen (secondary N) is 3. The van der Waals surface area contributed by atoms with Crippen molar-refractivity contribution in [3.63, 3.8) is 0 Å². The highest BCUT2D eigenvalue weighted by Gasteiger charge is 2.39. The van der Waals surface area contributed by atoms with E-state index in [4.69, 9.17) is 15.6 Å². The Balaban J connectivity index is 2.49. The van der Waals surface area contributed by atoms with Gasteiger partial charge in [0.2, 0.25) is 5.91 Å². The first-order valence-corrected chi connectivity index (χ1v) is 9.92. The molecule has 7 heteroatoms. The highest BCUT2D eigenvalue weighted by molar-refractivity contribution is 9.10. The fraction of sp³-hybridized carbons (Fsp3) is 0.250. The Labute approximate surface area is 172 Å². The van der Waals surface area contributed by atoms with Crippen molar-refractivity contribution in [2.24, 2.45) is 5.41 Å². The number of carbonyl (C=O) groups is 1. The molecule has 1 amide bonds. The standard InChI is InChI=1S/C20H22BrN3O2S/c1-20(2,18(25)24-19(23)27-12-22)17(13-7-5-4-6-8-13)14-9-10-16(26-3)15(21)11-14/h4-12,17,22H,1-3H3,(H2,23,24,25)/t17-/m1/s1. The average Bonchev–Trinajstić information content (AvgIpc) is 2.63. The summed E-state index contributed by atoms with van der Waals surface area (Å²) in [5, 5.41) is 17.4. The Morgan fingerprint density at radius 1 is 1.22 bits per heavy atom. The van der Waals surface area contributed by atoms with Crippen LogP contribution in [0.3, 0.4) is 0 Å². The molecule has 0 saturated carbocycles. The first-order chi connectivity index (χ1) is 12.8. The second-order valence-corrected chi connectivity index (χ2v) is 8.21. The van der Waals surface area contributed by atoms with Gasteiger partial charge in [0.1, 0.15) is 5.75 Å². The number of halogens is 1. The summed E-state index contributed by atoms with van der Waals surface area (Å²) < 4.78 is 6.13. The predicted octanol–water partition coefficient (Wildman–Crippen LogP) is 5.01. The van der Waals surface area contributed by atoms with E-state index in [-0.39, 0.29) is 17.0 Å². The van der Waals surface area contributed by atoms with Crippen LogP contribution in [0.2, 0.25) is 0 Å². The first kappa shape index (κ1) is 21.2. The van der Waals surface area contributed by atoms with Gasteiger partial charge in [-0.25, -0.2) is 0 Å². The molecular weight excluding hydrogens is 426 g/mol. The Hall–Kier alpha value is -2.12. The fourth-order valence-corrected chi connectivity index (χ4v) is 3.84. The van der Waals surface area contributed by atoms with E-state index in [0.29, 0.717) is 0 Å². The molecule has 2 rings (SSSR count). The third kappa shape index (κ3) is 4.99. The van der Waals surface area contributed by atoms with Gasteiger partial charge in [-0.2, -0.15) is 0 Å². The summed E-state index contributed by atoms with van der Waals surface area (Å²) in [7, 11) is 1.61. The van der Waals surface area contributed by atoms with Gasteiger partial charge in [0.05, 0.1) is 22.5 Å². The van der Waals surface area contributed by atoms with Gasteiger partial charge in [0, 0.05) is 5.92 Å². The molecular formula is C20H22BrN3O2S. The monoisotopic (exact) mass is 447 g/mol. The second kappa shape index (κ2) is 9.19. The zero-order valence-corrected chi connectivity index (χ0v) is 17.8. The number of carbonyl (C=O) groups excluding carboxylic acids is 1. The van der Waals surface area contributed by atoms with E-state index in [1.165, 1.54) is 0 Å². The Morgan fingerprint density at radius 3 is 2.44 bits per heavy atom. The molecule has 0 heterocycles. The van der Waals surface area contributed by atoms with Crippen molar-refractivity contribution in [1.82, 2.24) is 5.32 Å². The minimum absolute atomic E-state index is 0.0641. The molecule has 0 saturated heterocycles. The Bertz CT molecular complexity index is 840. The average molecular weight is 448 g/mol. The van der Waals surface area contributed by atoms with Crippen molar-refractivity contribution in [3.05, 3.63) is 64.1 Å². The molecule has 0 aliphatic carbocycles. The van der Waals surface area contributed by atoms with Gasteiger partial charge >= 0.3 is 0 Å². The zero-order valence-electron chi connectivity index (χ0n) is 15.4. The number of methoxy groups -OCH3 is 1. The summed E-state index contributed by atoms with van der Waals surface area (Å²) in [6.07, 6.45) is 0. The van der Waals surface area contributed by atoms with Crippen molar-refractivity contribution in [3.8, 4) is 5.75 Å². The molecule has 2 aromatic rings. The minimum atomic E-state index is -0.843. The molecule has 27 heavy (non-hydrogen) atoms. The van der Waals surface area contributed by atoms with Crippen LogP contribution in [-0.4, -0.2) is 23.7 Å². The highest BCUT2D eigenvalue weighted by atomic mass is 79.9. The van der Waals surface area contributed by atoms with Crippen LogP contribution in [0.15, 0.2) is 53.0 Å². The molecule has 0 aromatic heterocycles. The van der Waals surface area contributed by atoms with E-state index < -0.39 is 5.41 Å². The van der Waals surface area contributed by atoms with E-state index in [1.807, 2.05) is 62.4 Å². The number of rotatable bonds is 6. The largest absolute Gasteiger partial charge is 0.496 e. The van der Waals surface area contributed by atoms with Crippen LogP contribution in [0.5, 0.6) is 5.75 Å². The molecule has 0 fully saturated rings. The van der Waals surface area contributed by atoms with Crippen LogP contribution in [-0.2, 0) is 4.79 Å². The Morgan fingerprint density at radius 2 is 1.89 bits per heavy atom. The molecule has 0 unspecified atom stereocenters. The number of benzene rings is 2. The molecule has 0 bridgehead atoms. The molecule has 0 aliphatic heterocycles. The van der Waals surface area contributed by atoms with Crippen molar-refractivity contribution in [2.75, 3.05) is 7.11 Å². The normalized spacial score (nSPS) is 12.1. The lowest BCUT2D eigenvalue weighted by Gasteiger charge is -2.34. The number of ether oxygens (including phenoxy) is 1. The van der Waals surface area contributed by atoms with E-state index in [1.54, 1.807) is 7.11 Å². The van der Waals surface area contributed by atoms with Gasteiger partial charge < -0.3 is 15.5 Å². The molecule has 0 radical (unpaired) electrons. The molecule has 0 aliphatic rings. The van der Waals surface area contributed by atoms with Gasteiger partial charge in [-0.1, -0.05) is 50.2 Å². The Kier molecular flexibility index (Phi) is 7.21. The molecule has 1 atom stereocenters. The van der Waals surface area contributed by atoms with Gasteiger partial charge in [0.15, 0.2) is 5.17 Å². The second-order valence-electron chi connectivity index (χ2n) is 6.48. The number of thioether (sulfide) groups is 1. The molecule has 3 N–H and O–H groups in total. The lowest BCUT2D eigenvalue weighted by molar-refractivity contribution is -0.128. The smallest absolute Gasteiger partial charge is 0.232 e. The first-order valence-electron chi connectivity index (χ1n) is 8.25. The molecule has 142 valence electrons. The van der Waals surface area contributed by atoms with Gasteiger partial charge in [-0.15, -0.1) is 0 Å². The SMILES string of the molecule is COc1ccc([C@@H](c2ccccc2)C(C)(C)C(=O)NC(=N)SC=N)cc1Br. The number of hydrogen-bond acceptors (Lipinski definition) is 5. The van der Waals surface area contributed by atoms with Crippen LogP contribution in [0.4, 0.5) is 0 Å². The highest BCUT2D eigenvalue weighted by Crippen LogP contribution is 2.43. The fourth-order valence-electron chi connectivity index (χ4n) is 3.02. The van der Waals surface area contributed by atoms with E-state index in [2.05, 4.69) is 21.2 Å². The van der Waals surface area contributed by atoms with Crippen molar-refractivity contribution in [1.29, 1.82) is 10.8 Å². The summed E-state index contributed by atoms with van der Waals surface area (Å²) in [4.78, 5) is 13.0. The maximum absolute atomic E-state index is 13.0. The lowest BCUT2D eigenvalue weighted by atomic mass is 9.70. The van der Waals surface area contributed by atoms with Gasteiger partial charge in [-0.05, 0) is 51.0 Å². The molecule has 2 aromatic carbocycles. The van der Waals surface area contributed by atoms with E-state index >= 15 is 0 Å². The van der Waals surface area contributed by atoms with Crippen LogP contribution >= 0.6 is 27.7 Å². The van der Waals surface area contributed by atoms with Gasteiger partial charge in [-0.3, -0.25) is 10.2 Å². The van der Waals surface area contributed by atoms with Crippen LogP contribution in [0, 0.1) is 16.2 Å².